The average Bonchev–Trinajstić information content (AvgIpc) is 2.94. The molecule has 0 saturated heterocycles. The van der Waals surface area contributed by atoms with Crippen LogP contribution in [0.2, 0.25) is 0 Å². The maximum absolute atomic E-state index is 8.86. The highest BCUT2D eigenvalue weighted by Crippen LogP contribution is 2.28. The van der Waals surface area contributed by atoms with Gasteiger partial charge in [-0.3, -0.25) is 4.68 Å². The Morgan fingerprint density at radius 1 is 1.32 bits per heavy atom. The lowest BCUT2D eigenvalue weighted by molar-refractivity contribution is 0.262. The summed E-state index contributed by atoms with van der Waals surface area (Å²) < 4.78 is 12.9. The van der Waals surface area contributed by atoms with E-state index in [2.05, 4.69) is 11.2 Å². The second-order valence-electron chi connectivity index (χ2n) is 3.82. The minimum Gasteiger partial charge on any atom is -0.490 e. The van der Waals surface area contributed by atoms with Crippen molar-refractivity contribution in [3.05, 3.63) is 42.2 Å². The molecule has 0 unspecified atom stereocenters. The molecule has 2 aromatic rings. The van der Waals surface area contributed by atoms with E-state index in [-0.39, 0.29) is 0 Å². The maximum Gasteiger partial charge on any atom is 0.162 e. The summed E-state index contributed by atoms with van der Waals surface area (Å²) >= 11 is 0. The van der Waals surface area contributed by atoms with Gasteiger partial charge >= 0.3 is 0 Å². The first-order chi connectivity index (χ1) is 9.33. The van der Waals surface area contributed by atoms with Crippen LogP contribution in [-0.2, 0) is 6.54 Å². The van der Waals surface area contributed by atoms with Crippen LogP contribution in [0.1, 0.15) is 12.5 Å². The van der Waals surface area contributed by atoms with Gasteiger partial charge < -0.3 is 9.47 Å². The van der Waals surface area contributed by atoms with Gasteiger partial charge in [-0.05, 0) is 25.1 Å². The Morgan fingerprint density at radius 3 is 2.89 bits per heavy atom. The van der Waals surface area contributed by atoms with Crippen LogP contribution in [-0.4, -0.2) is 23.0 Å². The third-order valence-corrected chi connectivity index (χ3v) is 2.51. The lowest BCUT2D eigenvalue weighted by Gasteiger charge is -2.12. The van der Waals surface area contributed by atoms with Gasteiger partial charge in [-0.25, -0.2) is 0 Å². The van der Waals surface area contributed by atoms with E-state index in [4.69, 9.17) is 14.7 Å². The van der Waals surface area contributed by atoms with Crippen LogP contribution < -0.4 is 9.47 Å². The lowest BCUT2D eigenvalue weighted by Crippen LogP contribution is -2.09. The zero-order valence-corrected chi connectivity index (χ0v) is 10.7. The van der Waals surface area contributed by atoms with Crippen LogP contribution in [0.25, 0.3) is 0 Å². The molecule has 5 heteroatoms. The fraction of sp³-hybridized carbons (Fsp3) is 0.286. The molecule has 0 aliphatic rings. The molecule has 0 radical (unpaired) electrons. The summed E-state index contributed by atoms with van der Waals surface area (Å²) in [6, 6.07) is 9.11. The van der Waals surface area contributed by atoms with Crippen molar-refractivity contribution in [2.75, 3.05) is 13.2 Å². The molecule has 19 heavy (non-hydrogen) atoms. The molecular formula is C14H15N3O2. The van der Waals surface area contributed by atoms with Gasteiger partial charge in [0.15, 0.2) is 11.5 Å². The first-order valence-electron chi connectivity index (χ1n) is 6.10. The number of nitriles is 1. The maximum atomic E-state index is 8.86. The van der Waals surface area contributed by atoms with Crippen molar-refractivity contribution < 1.29 is 9.47 Å². The summed E-state index contributed by atoms with van der Waals surface area (Å²) in [5.74, 6) is 1.25. The van der Waals surface area contributed by atoms with Crippen LogP contribution in [0.5, 0.6) is 11.5 Å². The minimum absolute atomic E-state index is 0.494. The Morgan fingerprint density at radius 2 is 2.21 bits per heavy atom. The first kappa shape index (κ1) is 13.0. The molecule has 2 rings (SSSR count). The zero-order chi connectivity index (χ0) is 13.5. The number of hydrogen-bond donors (Lipinski definition) is 0. The molecule has 0 saturated carbocycles. The summed E-state index contributed by atoms with van der Waals surface area (Å²) in [5, 5.41) is 13.0. The van der Waals surface area contributed by atoms with Gasteiger partial charge in [-0.1, -0.05) is 0 Å². The Labute approximate surface area is 112 Å². The first-order valence-corrected chi connectivity index (χ1v) is 6.10. The van der Waals surface area contributed by atoms with E-state index in [1.165, 1.54) is 0 Å². The van der Waals surface area contributed by atoms with Crippen molar-refractivity contribution in [3.8, 4) is 17.6 Å². The molecule has 1 aromatic carbocycles. The fourth-order valence-electron chi connectivity index (χ4n) is 1.65. The van der Waals surface area contributed by atoms with E-state index in [0.29, 0.717) is 36.8 Å². The average molecular weight is 257 g/mol. The van der Waals surface area contributed by atoms with Gasteiger partial charge in [-0.2, -0.15) is 10.4 Å². The quantitative estimate of drug-likeness (QED) is 0.796. The molecular weight excluding hydrogens is 242 g/mol. The highest BCUT2D eigenvalue weighted by Gasteiger charge is 2.06. The highest BCUT2D eigenvalue weighted by molar-refractivity contribution is 5.46. The normalized spacial score (nSPS) is 9.89. The third-order valence-electron chi connectivity index (χ3n) is 2.51. The molecule has 1 heterocycles. The van der Waals surface area contributed by atoms with E-state index in [1.807, 2.05) is 19.2 Å². The van der Waals surface area contributed by atoms with Gasteiger partial charge in [0.05, 0.1) is 24.8 Å². The monoisotopic (exact) mass is 257 g/mol. The van der Waals surface area contributed by atoms with Crippen LogP contribution in [0.4, 0.5) is 0 Å². The van der Waals surface area contributed by atoms with Gasteiger partial charge in [0, 0.05) is 18.5 Å². The Balaban J connectivity index is 2.00. The van der Waals surface area contributed by atoms with E-state index >= 15 is 0 Å². The standard InChI is InChI=1S/C14H15N3O2/c1-2-18-14-10-12(11-15)4-5-13(14)19-9-8-17-7-3-6-16-17/h3-7,10H,2,8-9H2,1H3. The van der Waals surface area contributed by atoms with Gasteiger partial charge in [0.2, 0.25) is 0 Å². The van der Waals surface area contributed by atoms with E-state index in [9.17, 15) is 0 Å². The summed E-state index contributed by atoms with van der Waals surface area (Å²) in [6.07, 6.45) is 3.61. The second kappa shape index (κ2) is 6.45. The smallest absolute Gasteiger partial charge is 0.162 e. The van der Waals surface area contributed by atoms with Gasteiger partial charge in [-0.15, -0.1) is 0 Å². The number of ether oxygens (including phenoxy) is 2. The highest BCUT2D eigenvalue weighted by atomic mass is 16.5. The van der Waals surface area contributed by atoms with Crippen LogP contribution >= 0.6 is 0 Å². The minimum atomic E-state index is 0.494. The van der Waals surface area contributed by atoms with Crippen molar-refractivity contribution in [1.82, 2.24) is 9.78 Å². The van der Waals surface area contributed by atoms with Crippen molar-refractivity contribution >= 4 is 0 Å². The number of benzene rings is 1. The Bertz CT molecular complexity index is 559. The van der Waals surface area contributed by atoms with Crippen molar-refractivity contribution in [2.24, 2.45) is 0 Å². The summed E-state index contributed by atoms with van der Waals surface area (Å²) in [7, 11) is 0. The number of nitrogens with zero attached hydrogens (tertiary/aromatic N) is 3. The molecule has 0 aliphatic carbocycles. The summed E-state index contributed by atoms with van der Waals surface area (Å²) in [6.45, 7) is 3.59. The zero-order valence-electron chi connectivity index (χ0n) is 10.7. The molecule has 0 bridgehead atoms. The van der Waals surface area contributed by atoms with Gasteiger partial charge in [0.1, 0.15) is 6.61 Å². The number of hydrogen-bond acceptors (Lipinski definition) is 4. The topological polar surface area (TPSA) is 60.1 Å². The summed E-state index contributed by atoms with van der Waals surface area (Å²) in [4.78, 5) is 0. The Hall–Kier alpha value is -2.48. The predicted octanol–water partition coefficient (Wildman–Crippen LogP) is 2.23. The largest absolute Gasteiger partial charge is 0.490 e. The van der Waals surface area contributed by atoms with Crippen LogP contribution in [0, 0.1) is 11.3 Å². The molecule has 1 aromatic heterocycles. The molecule has 0 spiro atoms. The molecule has 5 nitrogen and oxygen atoms in total. The molecule has 0 amide bonds. The molecule has 0 N–H and O–H groups in total. The van der Waals surface area contributed by atoms with E-state index in [1.54, 1.807) is 29.1 Å². The summed E-state index contributed by atoms with van der Waals surface area (Å²) in [5.41, 5.74) is 0.558. The SMILES string of the molecule is CCOc1cc(C#N)ccc1OCCn1cccn1. The number of aromatic nitrogens is 2. The molecule has 0 aliphatic heterocycles. The van der Waals surface area contributed by atoms with Crippen molar-refractivity contribution in [1.29, 1.82) is 5.26 Å². The lowest BCUT2D eigenvalue weighted by atomic mass is 10.2. The fourth-order valence-corrected chi connectivity index (χ4v) is 1.65. The molecule has 98 valence electrons. The Kier molecular flexibility index (Phi) is 4.40. The van der Waals surface area contributed by atoms with Crippen LogP contribution in [0.15, 0.2) is 36.7 Å². The predicted molar refractivity (Wildman–Crippen MR) is 70.0 cm³/mol. The second-order valence-corrected chi connectivity index (χ2v) is 3.82. The number of rotatable bonds is 6. The van der Waals surface area contributed by atoms with Crippen molar-refractivity contribution in [2.45, 2.75) is 13.5 Å². The van der Waals surface area contributed by atoms with Crippen molar-refractivity contribution in [3.63, 3.8) is 0 Å². The van der Waals surface area contributed by atoms with Gasteiger partial charge in [0.25, 0.3) is 0 Å². The molecule has 0 atom stereocenters. The molecule has 0 fully saturated rings. The third kappa shape index (κ3) is 3.49. The van der Waals surface area contributed by atoms with Crippen LogP contribution in [0.3, 0.4) is 0 Å². The van der Waals surface area contributed by atoms with E-state index < -0.39 is 0 Å². The van der Waals surface area contributed by atoms with E-state index in [0.717, 1.165) is 0 Å².